The summed E-state index contributed by atoms with van der Waals surface area (Å²) < 4.78 is 0. The number of carbonyl (C=O) groups is 1. The van der Waals surface area contributed by atoms with Gasteiger partial charge in [-0.2, -0.15) is 0 Å². The molecule has 1 saturated heterocycles. The van der Waals surface area contributed by atoms with Gasteiger partial charge in [0.05, 0.1) is 0 Å². The normalized spacial score (nSPS) is 17.0. The minimum Gasteiger partial charge on any atom is -0.340 e. The van der Waals surface area contributed by atoms with Crippen molar-refractivity contribution in [1.82, 2.24) is 9.80 Å². The lowest BCUT2D eigenvalue weighted by Crippen LogP contribution is -2.47. The summed E-state index contributed by atoms with van der Waals surface area (Å²) in [5.74, 6) is 0.610. The van der Waals surface area contributed by atoms with Crippen molar-refractivity contribution in [1.29, 1.82) is 0 Å². The van der Waals surface area contributed by atoms with Crippen LogP contribution in [-0.2, 0) is 4.79 Å². The maximum Gasteiger partial charge on any atom is 0.223 e. The van der Waals surface area contributed by atoms with Gasteiger partial charge in [0, 0.05) is 32.6 Å². The topological polar surface area (TPSA) is 23.6 Å². The van der Waals surface area contributed by atoms with Crippen molar-refractivity contribution in [2.24, 2.45) is 5.92 Å². The van der Waals surface area contributed by atoms with Gasteiger partial charge in [-0.1, -0.05) is 46.6 Å². The Balaban J connectivity index is 2.75. The van der Waals surface area contributed by atoms with E-state index in [9.17, 15) is 4.79 Å². The van der Waals surface area contributed by atoms with Crippen molar-refractivity contribution in [3.05, 3.63) is 46.6 Å². The summed E-state index contributed by atoms with van der Waals surface area (Å²) in [6.07, 6.45) is 15.3. The van der Waals surface area contributed by atoms with Crippen LogP contribution in [0, 0.1) is 5.92 Å². The van der Waals surface area contributed by atoms with Crippen LogP contribution >= 0.6 is 0 Å². The van der Waals surface area contributed by atoms with E-state index in [2.05, 4.69) is 82.7 Å². The Morgan fingerprint density at radius 3 is 1.87 bits per heavy atom. The van der Waals surface area contributed by atoms with Gasteiger partial charge in [0.25, 0.3) is 0 Å². The van der Waals surface area contributed by atoms with Crippen molar-refractivity contribution in [2.75, 3.05) is 33.2 Å². The van der Waals surface area contributed by atoms with Gasteiger partial charge in [-0.25, -0.2) is 0 Å². The first kappa shape index (κ1) is 26.4. The molecule has 0 saturated carbocycles. The fourth-order valence-corrected chi connectivity index (χ4v) is 3.74. The number of likely N-dealkylation sites (N-methyl/N-ethyl adjacent to an activating group) is 1. The fourth-order valence-electron chi connectivity index (χ4n) is 3.74. The average molecular weight is 415 g/mol. The van der Waals surface area contributed by atoms with Crippen molar-refractivity contribution in [2.45, 2.75) is 80.1 Å². The molecule has 1 rings (SSSR count). The Kier molecular flexibility index (Phi) is 12.7. The molecule has 1 fully saturated rings. The molecule has 0 radical (unpaired) electrons. The smallest absolute Gasteiger partial charge is 0.223 e. The predicted octanol–water partition coefficient (Wildman–Crippen LogP) is 6.54. The Morgan fingerprint density at radius 1 is 0.800 bits per heavy atom. The molecule has 0 aromatic rings. The number of hydrogen-bond donors (Lipinski definition) is 0. The van der Waals surface area contributed by atoms with E-state index in [4.69, 9.17) is 0 Å². The van der Waals surface area contributed by atoms with Gasteiger partial charge in [-0.15, -0.1) is 0 Å². The van der Waals surface area contributed by atoms with E-state index in [0.717, 1.165) is 58.3 Å². The highest BCUT2D eigenvalue weighted by Crippen LogP contribution is 2.21. The molecular formula is C27H46N2O. The zero-order valence-corrected chi connectivity index (χ0v) is 20.8. The van der Waals surface area contributed by atoms with Gasteiger partial charge >= 0.3 is 0 Å². The van der Waals surface area contributed by atoms with Crippen LogP contribution in [0.1, 0.15) is 80.1 Å². The molecule has 1 unspecified atom stereocenters. The van der Waals surface area contributed by atoms with E-state index < -0.39 is 0 Å². The van der Waals surface area contributed by atoms with Crippen LogP contribution in [0.25, 0.3) is 0 Å². The number of nitrogens with zero attached hydrogens (tertiary/aromatic N) is 2. The molecule has 0 bridgehead atoms. The van der Waals surface area contributed by atoms with Gasteiger partial charge in [0.1, 0.15) is 0 Å². The maximum absolute atomic E-state index is 12.9. The first-order valence-electron chi connectivity index (χ1n) is 11.7. The largest absolute Gasteiger partial charge is 0.340 e. The van der Waals surface area contributed by atoms with Crippen molar-refractivity contribution >= 4 is 5.91 Å². The second-order valence-electron chi connectivity index (χ2n) is 9.59. The van der Waals surface area contributed by atoms with E-state index in [1.807, 2.05) is 0 Å². The number of carbonyl (C=O) groups excluding carboxylic acids is 1. The monoisotopic (exact) mass is 414 g/mol. The Hall–Kier alpha value is -1.61. The second-order valence-corrected chi connectivity index (χ2v) is 9.59. The molecule has 1 amide bonds. The standard InChI is InChI=1S/C27H46N2O/c1-22(2)10-8-12-24(5)14-15-26(20-25(6)13-9-11-23(3)4)21-27(30)29-18-16-28(7)17-19-29/h10-11,14,20,26H,8-9,12-13,15-19,21H2,1-7H3/b24-14+,25-20+. The number of amides is 1. The quantitative estimate of drug-likeness (QED) is 0.358. The molecule has 0 aromatic heterocycles. The molecule has 30 heavy (non-hydrogen) atoms. The van der Waals surface area contributed by atoms with Crippen molar-refractivity contribution in [3.8, 4) is 0 Å². The van der Waals surface area contributed by atoms with Crippen LogP contribution in [-0.4, -0.2) is 48.9 Å². The van der Waals surface area contributed by atoms with Crippen LogP contribution in [0.2, 0.25) is 0 Å². The van der Waals surface area contributed by atoms with Crippen LogP contribution in [0.5, 0.6) is 0 Å². The number of rotatable bonds is 11. The van der Waals surface area contributed by atoms with E-state index in [0.29, 0.717) is 18.2 Å². The molecule has 1 aliphatic rings. The summed E-state index contributed by atoms with van der Waals surface area (Å²) >= 11 is 0. The minimum atomic E-state index is 0.294. The van der Waals surface area contributed by atoms with E-state index >= 15 is 0 Å². The summed E-state index contributed by atoms with van der Waals surface area (Å²) in [6, 6.07) is 0. The maximum atomic E-state index is 12.9. The summed E-state index contributed by atoms with van der Waals surface area (Å²) in [5, 5.41) is 0. The van der Waals surface area contributed by atoms with E-state index in [1.165, 1.54) is 22.3 Å². The Morgan fingerprint density at radius 2 is 1.33 bits per heavy atom. The average Bonchev–Trinajstić information content (AvgIpc) is 2.66. The summed E-state index contributed by atoms with van der Waals surface area (Å²) in [7, 11) is 2.13. The summed E-state index contributed by atoms with van der Waals surface area (Å²) in [4.78, 5) is 17.3. The molecule has 0 spiro atoms. The molecule has 3 heteroatoms. The summed E-state index contributed by atoms with van der Waals surface area (Å²) in [5.41, 5.74) is 5.59. The zero-order valence-electron chi connectivity index (χ0n) is 20.8. The third-order valence-electron chi connectivity index (χ3n) is 5.76. The Bertz CT molecular complexity index is 638. The van der Waals surface area contributed by atoms with Crippen LogP contribution < -0.4 is 0 Å². The van der Waals surface area contributed by atoms with Crippen LogP contribution in [0.15, 0.2) is 46.6 Å². The highest BCUT2D eigenvalue weighted by Gasteiger charge is 2.21. The third kappa shape index (κ3) is 12.2. The first-order valence-corrected chi connectivity index (χ1v) is 11.7. The highest BCUT2D eigenvalue weighted by atomic mass is 16.2. The van der Waals surface area contributed by atoms with Crippen LogP contribution in [0.3, 0.4) is 0 Å². The Labute approximate surface area is 186 Å². The van der Waals surface area contributed by atoms with E-state index in [1.54, 1.807) is 0 Å². The van der Waals surface area contributed by atoms with E-state index in [-0.39, 0.29) is 0 Å². The second kappa shape index (κ2) is 14.4. The molecule has 170 valence electrons. The number of hydrogen-bond acceptors (Lipinski definition) is 2. The number of allylic oxidation sites excluding steroid dienone is 8. The zero-order chi connectivity index (χ0) is 22.5. The predicted molar refractivity (Wildman–Crippen MR) is 132 cm³/mol. The molecular weight excluding hydrogens is 368 g/mol. The lowest BCUT2D eigenvalue weighted by molar-refractivity contribution is -0.133. The molecule has 1 atom stereocenters. The molecule has 1 aliphatic heterocycles. The molecule has 3 nitrogen and oxygen atoms in total. The van der Waals surface area contributed by atoms with Gasteiger partial charge in [0.15, 0.2) is 0 Å². The van der Waals surface area contributed by atoms with Gasteiger partial charge in [-0.05, 0) is 86.6 Å². The van der Waals surface area contributed by atoms with Crippen molar-refractivity contribution in [3.63, 3.8) is 0 Å². The first-order chi connectivity index (χ1) is 14.2. The fraction of sp³-hybridized carbons (Fsp3) is 0.667. The SMILES string of the molecule is CC(C)=CCC/C(C)=C/CC(/C=C(\C)CCC=C(C)C)CC(=O)N1CCN(C)CC1. The number of piperazine rings is 1. The van der Waals surface area contributed by atoms with Gasteiger partial charge < -0.3 is 9.80 Å². The lowest BCUT2D eigenvalue weighted by atomic mass is 9.94. The lowest BCUT2D eigenvalue weighted by Gasteiger charge is -2.33. The van der Waals surface area contributed by atoms with Crippen molar-refractivity contribution < 1.29 is 4.79 Å². The minimum absolute atomic E-state index is 0.294. The molecule has 1 heterocycles. The molecule has 0 aliphatic carbocycles. The van der Waals surface area contributed by atoms with Crippen LogP contribution in [0.4, 0.5) is 0 Å². The third-order valence-corrected chi connectivity index (χ3v) is 5.76. The summed E-state index contributed by atoms with van der Waals surface area (Å²) in [6.45, 7) is 16.8. The molecule has 0 N–H and O–H groups in total. The van der Waals surface area contributed by atoms with Gasteiger partial charge in [-0.3, -0.25) is 4.79 Å². The highest BCUT2D eigenvalue weighted by molar-refractivity contribution is 5.76. The van der Waals surface area contributed by atoms with Gasteiger partial charge in [0.2, 0.25) is 5.91 Å². The molecule has 0 aromatic carbocycles.